The Kier molecular flexibility index (Phi) is 5.50. The monoisotopic (exact) mass is 448 g/mol. The normalized spacial score (nSPS) is 20.5. The third kappa shape index (κ3) is 4.28. The standard InChI is InChI=1S/C25H24N2O6/c1-15(28)26-12-20-13-27(25(30)33-20)19-6-7-21-17(11-19)3-2-4-18(24(21)29)9-16-5-8-22-23(10-16)32-14-31-22/h5-11,20H,2-4,12-14H2,1H3,(H,26,28). The minimum Gasteiger partial charge on any atom is -0.454 e. The van der Waals surface area contributed by atoms with E-state index in [9.17, 15) is 14.4 Å². The van der Waals surface area contributed by atoms with Gasteiger partial charge in [0, 0.05) is 23.7 Å². The minimum absolute atomic E-state index is 0.000694. The average molecular weight is 448 g/mol. The first kappa shape index (κ1) is 21.1. The summed E-state index contributed by atoms with van der Waals surface area (Å²) in [6.07, 6.45) is 3.30. The van der Waals surface area contributed by atoms with Gasteiger partial charge in [-0.25, -0.2) is 4.79 Å². The zero-order valence-corrected chi connectivity index (χ0v) is 18.3. The number of anilines is 1. The molecule has 0 spiro atoms. The van der Waals surface area contributed by atoms with Crippen LogP contribution in [0.2, 0.25) is 0 Å². The van der Waals surface area contributed by atoms with Crippen molar-refractivity contribution in [1.29, 1.82) is 0 Å². The molecule has 1 fully saturated rings. The summed E-state index contributed by atoms with van der Waals surface area (Å²) in [5.41, 5.74) is 3.92. The number of hydrogen-bond acceptors (Lipinski definition) is 6. The molecule has 2 heterocycles. The number of ether oxygens (including phenoxy) is 3. The molecule has 0 aromatic heterocycles. The van der Waals surface area contributed by atoms with Crippen LogP contribution in [-0.4, -0.2) is 43.8 Å². The summed E-state index contributed by atoms with van der Waals surface area (Å²) in [4.78, 5) is 38.3. The van der Waals surface area contributed by atoms with Crippen LogP contribution in [0.3, 0.4) is 0 Å². The molecule has 8 heteroatoms. The Balaban J connectivity index is 1.36. The number of aryl methyl sites for hydroxylation is 1. The lowest BCUT2D eigenvalue weighted by molar-refractivity contribution is -0.119. The summed E-state index contributed by atoms with van der Waals surface area (Å²) in [5.74, 6) is 1.23. The number of rotatable bonds is 4. The number of benzene rings is 2. The van der Waals surface area contributed by atoms with Gasteiger partial charge in [0.1, 0.15) is 6.10 Å². The fourth-order valence-corrected chi connectivity index (χ4v) is 4.37. The second kappa shape index (κ2) is 8.61. The lowest BCUT2D eigenvalue weighted by atomic mass is 9.97. The number of nitrogens with one attached hydrogen (secondary N) is 1. The van der Waals surface area contributed by atoms with E-state index in [-0.39, 0.29) is 25.0 Å². The third-order valence-corrected chi connectivity index (χ3v) is 6.02. The summed E-state index contributed by atoms with van der Waals surface area (Å²) in [6, 6.07) is 11.1. The number of carbonyl (C=O) groups excluding carboxylic acids is 3. The largest absolute Gasteiger partial charge is 0.454 e. The highest BCUT2D eigenvalue weighted by molar-refractivity contribution is 6.12. The molecule has 1 aliphatic carbocycles. The van der Waals surface area contributed by atoms with Gasteiger partial charge in [-0.05, 0) is 66.8 Å². The maximum Gasteiger partial charge on any atom is 0.414 e. The molecule has 1 atom stereocenters. The van der Waals surface area contributed by atoms with E-state index in [0.29, 0.717) is 35.7 Å². The molecule has 5 rings (SSSR count). The predicted molar refractivity (Wildman–Crippen MR) is 121 cm³/mol. The number of ketones is 1. The van der Waals surface area contributed by atoms with Gasteiger partial charge < -0.3 is 19.5 Å². The Morgan fingerprint density at radius 1 is 1.12 bits per heavy atom. The van der Waals surface area contributed by atoms with Crippen molar-refractivity contribution in [3.63, 3.8) is 0 Å². The number of nitrogens with zero attached hydrogens (tertiary/aromatic N) is 1. The lowest BCUT2D eigenvalue weighted by Gasteiger charge is -2.16. The van der Waals surface area contributed by atoms with Crippen LogP contribution < -0.4 is 19.7 Å². The zero-order chi connectivity index (χ0) is 22.9. The quantitative estimate of drug-likeness (QED) is 0.569. The SMILES string of the molecule is CC(=O)NCC1CN(c2ccc3c(c2)CCCC(=Cc2ccc4c(c2)OCO4)C3=O)C(=O)O1. The molecule has 0 bridgehead atoms. The number of amides is 2. The first-order valence-electron chi connectivity index (χ1n) is 11.0. The zero-order valence-electron chi connectivity index (χ0n) is 18.3. The van der Waals surface area contributed by atoms with E-state index < -0.39 is 12.2 Å². The molecule has 170 valence electrons. The number of cyclic esters (lactones) is 1. The van der Waals surface area contributed by atoms with E-state index in [0.717, 1.165) is 29.5 Å². The first-order chi connectivity index (χ1) is 16.0. The van der Waals surface area contributed by atoms with E-state index in [1.807, 2.05) is 30.3 Å². The van der Waals surface area contributed by atoms with Crippen LogP contribution in [0.5, 0.6) is 11.5 Å². The van der Waals surface area contributed by atoms with Gasteiger partial charge in [-0.2, -0.15) is 0 Å². The van der Waals surface area contributed by atoms with Gasteiger partial charge in [0.05, 0.1) is 13.1 Å². The second-order valence-corrected chi connectivity index (χ2v) is 8.36. The van der Waals surface area contributed by atoms with Crippen LogP contribution in [0.15, 0.2) is 42.0 Å². The Labute approximate surface area is 191 Å². The van der Waals surface area contributed by atoms with E-state index in [2.05, 4.69) is 5.32 Å². The van der Waals surface area contributed by atoms with Crippen LogP contribution in [0.4, 0.5) is 10.5 Å². The summed E-state index contributed by atoms with van der Waals surface area (Å²) in [5, 5.41) is 2.67. The smallest absolute Gasteiger partial charge is 0.414 e. The number of hydrogen-bond donors (Lipinski definition) is 1. The first-order valence-corrected chi connectivity index (χ1v) is 11.0. The topological polar surface area (TPSA) is 94.2 Å². The molecule has 2 amide bonds. The molecule has 1 N–H and O–H groups in total. The molecule has 2 aromatic carbocycles. The van der Waals surface area contributed by atoms with Crippen LogP contribution in [0.25, 0.3) is 6.08 Å². The Morgan fingerprint density at radius 3 is 2.82 bits per heavy atom. The Bertz CT molecular complexity index is 1170. The van der Waals surface area contributed by atoms with Crippen molar-refractivity contribution in [2.45, 2.75) is 32.3 Å². The molecule has 3 aliphatic rings. The van der Waals surface area contributed by atoms with E-state index in [1.54, 1.807) is 17.0 Å². The highest BCUT2D eigenvalue weighted by atomic mass is 16.7. The summed E-state index contributed by atoms with van der Waals surface area (Å²) in [6.45, 7) is 2.26. The van der Waals surface area contributed by atoms with Gasteiger partial charge in [0.25, 0.3) is 0 Å². The molecule has 1 unspecified atom stereocenters. The van der Waals surface area contributed by atoms with E-state index in [1.165, 1.54) is 6.92 Å². The average Bonchev–Trinajstić information content (AvgIpc) is 3.38. The number of Topliss-reactive ketones (excluding diaryl/α,β-unsaturated/α-hetero) is 1. The van der Waals surface area contributed by atoms with Crippen molar-refractivity contribution in [3.8, 4) is 11.5 Å². The summed E-state index contributed by atoms with van der Waals surface area (Å²) < 4.78 is 16.2. The fourth-order valence-electron chi connectivity index (χ4n) is 4.37. The molecule has 2 aromatic rings. The maximum absolute atomic E-state index is 13.3. The number of allylic oxidation sites excluding steroid dienone is 1. The second-order valence-electron chi connectivity index (χ2n) is 8.36. The van der Waals surface area contributed by atoms with Crippen molar-refractivity contribution < 1.29 is 28.6 Å². The Morgan fingerprint density at radius 2 is 1.97 bits per heavy atom. The van der Waals surface area contributed by atoms with Gasteiger partial charge in [0.15, 0.2) is 17.3 Å². The predicted octanol–water partition coefficient (Wildman–Crippen LogP) is 3.48. The molecular weight excluding hydrogens is 424 g/mol. The molecule has 33 heavy (non-hydrogen) atoms. The fraction of sp³-hybridized carbons (Fsp3) is 0.320. The van der Waals surface area contributed by atoms with Gasteiger partial charge in [-0.15, -0.1) is 0 Å². The van der Waals surface area contributed by atoms with Crippen molar-refractivity contribution in [3.05, 3.63) is 58.7 Å². The van der Waals surface area contributed by atoms with E-state index in [4.69, 9.17) is 14.2 Å². The van der Waals surface area contributed by atoms with Crippen LogP contribution in [0, 0.1) is 0 Å². The molecule has 0 saturated carbocycles. The Hall–Kier alpha value is -3.81. The van der Waals surface area contributed by atoms with Crippen molar-refractivity contribution in [1.82, 2.24) is 5.32 Å². The molecule has 0 radical (unpaired) electrons. The number of fused-ring (bicyclic) bond motifs is 2. The summed E-state index contributed by atoms with van der Waals surface area (Å²) >= 11 is 0. The highest BCUT2D eigenvalue weighted by Crippen LogP contribution is 2.35. The van der Waals surface area contributed by atoms with Gasteiger partial charge in [-0.3, -0.25) is 14.5 Å². The van der Waals surface area contributed by atoms with Crippen molar-refractivity contribution in [2.75, 3.05) is 24.8 Å². The molecule has 8 nitrogen and oxygen atoms in total. The van der Waals surface area contributed by atoms with Gasteiger partial charge in [0.2, 0.25) is 12.7 Å². The maximum atomic E-state index is 13.3. The lowest BCUT2D eigenvalue weighted by Crippen LogP contribution is -2.33. The molecule has 1 saturated heterocycles. The van der Waals surface area contributed by atoms with Gasteiger partial charge in [-0.1, -0.05) is 6.07 Å². The van der Waals surface area contributed by atoms with Crippen molar-refractivity contribution >= 4 is 29.5 Å². The van der Waals surface area contributed by atoms with E-state index >= 15 is 0 Å². The van der Waals surface area contributed by atoms with Gasteiger partial charge >= 0.3 is 6.09 Å². The van der Waals surface area contributed by atoms with Crippen LogP contribution >= 0.6 is 0 Å². The van der Waals surface area contributed by atoms with Crippen LogP contribution in [0.1, 0.15) is 41.3 Å². The number of carbonyl (C=O) groups is 3. The minimum atomic E-state index is -0.450. The third-order valence-electron chi connectivity index (χ3n) is 6.02. The molecular formula is C25H24N2O6. The highest BCUT2D eigenvalue weighted by Gasteiger charge is 2.33. The summed E-state index contributed by atoms with van der Waals surface area (Å²) in [7, 11) is 0. The van der Waals surface area contributed by atoms with Crippen LogP contribution in [-0.2, 0) is 16.0 Å². The molecule has 2 aliphatic heterocycles. The van der Waals surface area contributed by atoms with Crippen molar-refractivity contribution in [2.24, 2.45) is 0 Å².